The van der Waals surface area contributed by atoms with Crippen LogP contribution >= 0.6 is 27.7 Å². The molecule has 0 aliphatic carbocycles. The van der Waals surface area contributed by atoms with Crippen molar-refractivity contribution < 1.29 is 23.8 Å². The summed E-state index contributed by atoms with van der Waals surface area (Å²) in [5.74, 6) is 0.153. The van der Waals surface area contributed by atoms with Gasteiger partial charge in [0.1, 0.15) is 0 Å². The van der Waals surface area contributed by atoms with Crippen molar-refractivity contribution >= 4 is 45.8 Å². The van der Waals surface area contributed by atoms with E-state index in [4.69, 9.17) is 9.47 Å². The first kappa shape index (κ1) is 24.6. The number of hydrazone groups is 1. The summed E-state index contributed by atoms with van der Waals surface area (Å²) in [6.07, 6.45) is 1.48. The first-order chi connectivity index (χ1) is 14.8. The minimum atomic E-state index is -0.504. The predicted molar refractivity (Wildman–Crippen MR) is 121 cm³/mol. The van der Waals surface area contributed by atoms with Crippen LogP contribution in [-0.2, 0) is 14.3 Å². The second-order valence-corrected chi connectivity index (χ2v) is 7.93. The fourth-order valence-electron chi connectivity index (χ4n) is 2.32. The smallest absolute Gasteiger partial charge is 0.343 e. The number of nitrogens with one attached hydrogen (secondary N) is 1. The van der Waals surface area contributed by atoms with Gasteiger partial charge in [-0.2, -0.15) is 5.10 Å². The van der Waals surface area contributed by atoms with Crippen LogP contribution in [0.2, 0.25) is 0 Å². The van der Waals surface area contributed by atoms with Crippen LogP contribution in [0.25, 0.3) is 0 Å². The quantitative estimate of drug-likeness (QED) is 0.170. The molecule has 9 nitrogen and oxygen atoms in total. The highest BCUT2D eigenvalue weighted by Gasteiger charge is 2.12. The van der Waals surface area contributed by atoms with Crippen LogP contribution in [0, 0.1) is 13.8 Å². The van der Waals surface area contributed by atoms with Crippen LogP contribution in [0.15, 0.2) is 32.9 Å². The second kappa shape index (κ2) is 12.3. The number of hydrogen-bond acceptors (Lipinski definition) is 9. The van der Waals surface area contributed by atoms with Gasteiger partial charge >= 0.3 is 5.97 Å². The maximum atomic E-state index is 12.1. The molecule has 0 aliphatic heterocycles. The number of ether oxygens (including phenoxy) is 3. The van der Waals surface area contributed by atoms with Crippen LogP contribution in [0.3, 0.4) is 0 Å². The van der Waals surface area contributed by atoms with E-state index in [1.165, 1.54) is 25.1 Å². The summed E-state index contributed by atoms with van der Waals surface area (Å²) in [5, 5.41) is 4.53. The number of carbonyl (C=O) groups is 2. The largest absolute Gasteiger partial charge is 0.490 e. The minimum Gasteiger partial charge on any atom is -0.490 e. The molecule has 0 atom stereocenters. The standard InChI is InChI=1S/C20H23BrN4O5S/c1-5-29-16-7-14(15(21)8-17(16)30-10-19(27)28-4)9-22-25-18(26)11-31-20-23-12(2)6-13(3)24-20/h6-9H,5,10-11H2,1-4H3,(H,25,26)/b22-9-. The molecule has 31 heavy (non-hydrogen) atoms. The van der Waals surface area contributed by atoms with Gasteiger partial charge in [-0.1, -0.05) is 11.8 Å². The van der Waals surface area contributed by atoms with E-state index in [2.05, 4.69) is 41.2 Å². The van der Waals surface area contributed by atoms with E-state index >= 15 is 0 Å². The summed E-state index contributed by atoms with van der Waals surface area (Å²) in [7, 11) is 1.28. The lowest BCUT2D eigenvalue weighted by Gasteiger charge is -2.13. The van der Waals surface area contributed by atoms with E-state index in [0.29, 0.717) is 33.3 Å². The van der Waals surface area contributed by atoms with E-state index < -0.39 is 5.97 Å². The first-order valence-corrected chi connectivity index (χ1v) is 11.0. The van der Waals surface area contributed by atoms with Crippen LogP contribution in [0.1, 0.15) is 23.9 Å². The Bertz CT molecular complexity index is 951. The number of hydrogen-bond donors (Lipinski definition) is 1. The number of nitrogens with zero attached hydrogens (tertiary/aromatic N) is 3. The monoisotopic (exact) mass is 510 g/mol. The number of thioether (sulfide) groups is 1. The summed E-state index contributed by atoms with van der Waals surface area (Å²) in [4.78, 5) is 31.9. The van der Waals surface area contributed by atoms with Gasteiger partial charge in [0, 0.05) is 21.4 Å². The Morgan fingerprint density at radius 3 is 2.48 bits per heavy atom. The third kappa shape index (κ3) is 8.18. The average molecular weight is 511 g/mol. The van der Waals surface area contributed by atoms with Crippen molar-refractivity contribution in [2.75, 3.05) is 26.1 Å². The van der Waals surface area contributed by atoms with Crippen molar-refractivity contribution in [1.82, 2.24) is 15.4 Å². The van der Waals surface area contributed by atoms with Crippen LogP contribution in [0.5, 0.6) is 11.5 Å². The number of esters is 1. The van der Waals surface area contributed by atoms with E-state index in [1.807, 2.05) is 26.8 Å². The van der Waals surface area contributed by atoms with Gasteiger partial charge in [0.05, 0.1) is 25.7 Å². The molecule has 1 aromatic heterocycles. The van der Waals surface area contributed by atoms with Gasteiger partial charge in [0.15, 0.2) is 23.3 Å². The van der Waals surface area contributed by atoms with E-state index in [1.54, 1.807) is 12.1 Å². The van der Waals surface area contributed by atoms with Crippen LogP contribution in [0.4, 0.5) is 0 Å². The molecule has 0 aliphatic rings. The van der Waals surface area contributed by atoms with Gasteiger partial charge < -0.3 is 14.2 Å². The molecule has 2 aromatic rings. The lowest BCUT2D eigenvalue weighted by atomic mass is 10.2. The first-order valence-electron chi connectivity index (χ1n) is 9.25. The van der Waals surface area contributed by atoms with Gasteiger partial charge in [-0.05, 0) is 54.9 Å². The van der Waals surface area contributed by atoms with Crippen molar-refractivity contribution in [2.45, 2.75) is 25.9 Å². The fraction of sp³-hybridized carbons (Fsp3) is 0.350. The van der Waals surface area contributed by atoms with E-state index in [9.17, 15) is 9.59 Å². The molecular formula is C20H23BrN4O5S. The lowest BCUT2D eigenvalue weighted by Crippen LogP contribution is -2.20. The molecule has 1 N–H and O–H groups in total. The molecule has 0 spiro atoms. The Balaban J connectivity index is 1.99. The van der Waals surface area contributed by atoms with Crippen molar-refractivity contribution in [1.29, 1.82) is 0 Å². The normalized spacial score (nSPS) is 10.7. The number of benzene rings is 1. The third-order valence-corrected chi connectivity index (χ3v) is 5.16. The molecule has 1 heterocycles. The van der Waals surface area contributed by atoms with Crippen molar-refractivity contribution in [3.63, 3.8) is 0 Å². The molecule has 1 amide bonds. The van der Waals surface area contributed by atoms with Crippen LogP contribution in [-0.4, -0.2) is 54.1 Å². The van der Waals surface area contributed by atoms with Gasteiger partial charge in [0.2, 0.25) is 0 Å². The number of carbonyl (C=O) groups excluding carboxylic acids is 2. The maximum absolute atomic E-state index is 12.1. The zero-order valence-corrected chi connectivity index (χ0v) is 20.0. The minimum absolute atomic E-state index is 0.131. The van der Waals surface area contributed by atoms with Gasteiger partial charge in [-0.3, -0.25) is 4.79 Å². The molecular weight excluding hydrogens is 488 g/mol. The fourth-order valence-corrected chi connectivity index (χ4v) is 3.49. The molecule has 166 valence electrons. The number of rotatable bonds is 10. The Labute approximate surface area is 193 Å². The second-order valence-electron chi connectivity index (χ2n) is 6.13. The zero-order chi connectivity index (χ0) is 22.8. The number of halogens is 1. The lowest BCUT2D eigenvalue weighted by molar-refractivity contribution is -0.142. The van der Waals surface area contributed by atoms with E-state index in [0.717, 1.165) is 11.4 Å². The van der Waals surface area contributed by atoms with Crippen LogP contribution < -0.4 is 14.9 Å². The number of methoxy groups -OCH3 is 1. The Morgan fingerprint density at radius 2 is 1.84 bits per heavy atom. The van der Waals surface area contributed by atoms with Crippen molar-refractivity contribution in [2.24, 2.45) is 5.10 Å². The Hall–Kier alpha value is -2.66. The van der Waals surface area contributed by atoms with E-state index in [-0.39, 0.29) is 18.3 Å². The number of aromatic nitrogens is 2. The Morgan fingerprint density at radius 1 is 1.16 bits per heavy atom. The maximum Gasteiger partial charge on any atom is 0.343 e. The average Bonchev–Trinajstić information content (AvgIpc) is 2.72. The Kier molecular flexibility index (Phi) is 9.73. The summed E-state index contributed by atoms with van der Waals surface area (Å²) < 4.78 is 16.2. The SMILES string of the molecule is CCOc1cc(/C=N\NC(=O)CSc2nc(C)cc(C)n2)c(Br)cc1OCC(=O)OC. The highest BCUT2D eigenvalue weighted by molar-refractivity contribution is 9.10. The summed E-state index contributed by atoms with van der Waals surface area (Å²) in [6.45, 7) is 5.75. The zero-order valence-electron chi connectivity index (χ0n) is 17.6. The molecule has 0 saturated heterocycles. The molecule has 1 aromatic carbocycles. The topological polar surface area (TPSA) is 112 Å². The number of amides is 1. The van der Waals surface area contributed by atoms with Gasteiger partial charge in [0.25, 0.3) is 5.91 Å². The summed E-state index contributed by atoms with van der Waals surface area (Å²) in [6, 6.07) is 5.22. The molecule has 0 radical (unpaired) electrons. The number of aryl methyl sites for hydroxylation is 2. The molecule has 0 bridgehead atoms. The van der Waals surface area contributed by atoms with Crippen molar-refractivity contribution in [3.8, 4) is 11.5 Å². The highest BCUT2D eigenvalue weighted by Crippen LogP contribution is 2.33. The molecule has 0 saturated carbocycles. The molecule has 11 heteroatoms. The molecule has 0 unspecified atom stereocenters. The summed E-state index contributed by atoms with van der Waals surface area (Å²) in [5.41, 5.74) is 4.82. The van der Waals surface area contributed by atoms with Gasteiger partial charge in [-0.25, -0.2) is 20.2 Å². The predicted octanol–water partition coefficient (Wildman–Crippen LogP) is 3.05. The molecule has 0 fully saturated rings. The van der Waals surface area contributed by atoms with Gasteiger partial charge in [-0.15, -0.1) is 0 Å². The highest BCUT2D eigenvalue weighted by atomic mass is 79.9. The summed E-state index contributed by atoms with van der Waals surface area (Å²) >= 11 is 4.66. The molecule has 2 rings (SSSR count). The third-order valence-electron chi connectivity index (χ3n) is 3.62. The van der Waals surface area contributed by atoms with Crippen molar-refractivity contribution in [3.05, 3.63) is 39.6 Å².